The normalized spacial score (nSPS) is 10.4. The maximum Gasteiger partial charge on any atom is 0.242 e. The summed E-state index contributed by atoms with van der Waals surface area (Å²) in [6.45, 7) is 8.18. The Morgan fingerprint density at radius 2 is 1.50 bits per heavy atom. The second-order valence-corrected chi connectivity index (χ2v) is 6.71. The van der Waals surface area contributed by atoms with Gasteiger partial charge in [-0.2, -0.15) is 0 Å². The summed E-state index contributed by atoms with van der Waals surface area (Å²) in [5.74, 6) is -0.233. The van der Waals surface area contributed by atoms with Crippen LogP contribution in [0.5, 0.6) is 0 Å². The summed E-state index contributed by atoms with van der Waals surface area (Å²) < 4.78 is 0. The predicted octanol–water partition coefficient (Wildman–Crippen LogP) is 2.98. The van der Waals surface area contributed by atoms with Crippen LogP contribution in [0.2, 0.25) is 0 Å². The van der Waals surface area contributed by atoms with Crippen LogP contribution in [0.1, 0.15) is 26.3 Å². The minimum atomic E-state index is -0.147. The Labute approximate surface area is 167 Å². The van der Waals surface area contributed by atoms with Crippen LogP contribution in [0.3, 0.4) is 0 Å². The average molecular weight is 383 g/mol. The van der Waals surface area contributed by atoms with Gasteiger partial charge >= 0.3 is 0 Å². The first kappa shape index (κ1) is 21.4. The number of rotatable bonds is 9. The van der Waals surface area contributed by atoms with Gasteiger partial charge in [0.2, 0.25) is 11.8 Å². The van der Waals surface area contributed by atoms with Crippen molar-refractivity contribution in [1.29, 1.82) is 0 Å². The molecular formula is C22H30N4O2. The summed E-state index contributed by atoms with van der Waals surface area (Å²) in [5.41, 5.74) is 2.97. The van der Waals surface area contributed by atoms with Crippen molar-refractivity contribution in [2.75, 3.05) is 43.0 Å². The maximum atomic E-state index is 12.6. The van der Waals surface area contributed by atoms with Gasteiger partial charge in [-0.1, -0.05) is 0 Å². The van der Waals surface area contributed by atoms with Crippen LogP contribution in [-0.2, 0) is 16.0 Å². The van der Waals surface area contributed by atoms with Gasteiger partial charge < -0.3 is 14.7 Å². The summed E-state index contributed by atoms with van der Waals surface area (Å²) in [7, 11) is 1.77. The standard InChI is InChI=1S/C22H30N4O2/c1-5-25(6-2)20-7-9-21(10-8-20)26(18(3)27)17-22(28)24(4)16-13-19-11-14-23-15-12-19/h7-12,14-15H,5-6,13,16-17H2,1-4H3. The van der Waals surface area contributed by atoms with Crippen molar-refractivity contribution >= 4 is 23.2 Å². The van der Waals surface area contributed by atoms with Gasteiger partial charge in [-0.3, -0.25) is 14.6 Å². The summed E-state index contributed by atoms with van der Waals surface area (Å²) >= 11 is 0. The van der Waals surface area contributed by atoms with Crippen LogP contribution >= 0.6 is 0 Å². The number of carbonyl (C=O) groups excluding carboxylic acids is 2. The molecule has 150 valence electrons. The van der Waals surface area contributed by atoms with Crippen LogP contribution in [0.25, 0.3) is 0 Å². The molecule has 1 aromatic carbocycles. The number of likely N-dealkylation sites (N-methyl/N-ethyl adjacent to an activating group) is 1. The number of hydrogen-bond acceptors (Lipinski definition) is 4. The van der Waals surface area contributed by atoms with Crippen molar-refractivity contribution in [2.45, 2.75) is 27.2 Å². The van der Waals surface area contributed by atoms with Crippen molar-refractivity contribution in [3.8, 4) is 0 Å². The zero-order valence-corrected chi connectivity index (χ0v) is 17.3. The zero-order valence-electron chi connectivity index (χ0n) is 17.3. The molecule has 0 atom stereocenters. The second kappa shape index (κ2) is 10.4. The Hall–Kier alpha value is -2.89. The molecule has 0 unspecified atom stereocenters. The van der Waals surface area contributed by atoms with E-state index >= 15 is 0 Å². The summed E-state index contributed by atoms with van der Waals surface area (Å²) in [6, 6.07) is 11.7. The van der Waals surface area contributed by atoms with E-state index in [1.54, 1.807) is 24.3 Å². The lowest BCUT2D eigenvalue weighted by molar-refractivity contribution is -0.130. The fourth-order valence-corrected chi connectivity index (χ4v) is 3.04. The van der Waals surface area contributed by atoms with Gasteiger partial charge in [-0.15, -0.1) is 0 Å². The van der Waals surface area contributed by atoms with Crippen LogP contribution in [-0.4, -0.2) is 54.9 Å². The minimum Gasteiger partial charge on any atom is -0.372 e. The van der Waals surface area contributed by atoms with E-state index in [4.69, 9.17) is 0 Å². The molecule has 0 fully saturated rings. The number of carbonyl (C=O) groups is 2. The molecule has 0 bridgehead atoms. The molecule has 0 saturated heterocycles. The van der Waals surface area contributed by atoms with Gasteiger partial charge in [-0.25, -0.2) is 0 Å². The largest absolute Gasteiger partial charge is 0.372 e. The van der Waals surface area contributed by atoms with Crippen LogP contribution in [0.15, 0.2) is 48.8 Å². The molecule has 0 aliphatic heterocycles. The van der Waals surface area contributed by atoms with Gasteiger partial charge in [0.05, 0.1) is 0 Å². The van der Waals surface area contributed by atoms with Gasteiger partial charge in [-0.05, 0) is 62.2 Å². The number of nitrogens with zero attached hydrogens (tertiary/aromatic N) is 4. The van der Waals surface area contributed by atoms with Crippen molar-refractivity contribution in [3.05, 3.63) is 54.4 Å². The first-order valence-electron chi connectivity index (χ1n) is 9.72. The number of anilines is 2. The van der Waals surface area contributed by atoms with Crippen molar-refractivity contribution in [2.24, 2.45) is 0 Å². The lowest BCUT2D eigenvalue weighted by Crippen LogP contribution is -2.41. The number of pyridine rings is 1. The number of benzene rings is 1. The molecule has 1 aromatic heterocycles. The van der Waals surface area contributed by atoms with E-state index in [9.17, 15) is 9.59 Å². The fourth-order valence-electron chi connectivity index (χ4n) is 3.04. The molecule has 0 aliphatic carbocycles. The molecule has 6 nitrogen and oxygen atoms in total. The van der Waals surface area contributed by atoms with E-state index in [0.29, 0.717) is 6.54 Å². The molecule has 0 spiro atoms. The smallest absolute Gasteiger partial charge is 0.242 e. The molecule has 6 heteroatoms. The third kappa shape index (κ3) is 5.81. The Bertz CT molecular complexity index is 758. The molecule has 2 amide bonds. The van der Waals surface area contributed by atoms with Crippen molar-refractivity contribution in [1.82, 2.24) is 9.88 Å². The van der Waals surface area contributed by atoms with E-state index in [1.807, 2.05) is 36.4 Å². The highest BCUT2D eigenvalue weighted by Crippen LogP contribution is 2.21. The lowest BCUT2D eigenvalue weighted by atomic mass is 10.2. The van der Waals surface area contributed by atoms with E-state index in [2.05, 4.69) is 23.7 Å². The zero-order chi connectivity index (χ0) is 20.5. The highest BCUT2D eigenvalue weighted by atomic mass is 16.2. The van der Waals surface area contributed by atoms with Crippen LogP contribution in [0.4, 0.5) is 11.4 Å². The van der Waals surface area contributed by atoms with E-state index < -0.39 is 0 Å². The minimum absolute atomic E-state index is 0.0345. The topological polar surface area (TPSA) is 56.8 Å². The number of amides is 2. The molecular weight excluding hydrogens is 352 g/mol. The average Bonchev–Trinajstić information content (AvgIpc) is 2.72. The van der Waals surface area contributed by atoms with Gasteiger partial charge in [0.25, 0.3) is 0 Å². The molecule has 0 N–H and O–H groups in total. The number of hydrogen-bond donors (Lipinski definition) is 0. The summed E-state index contributed by atoms with van der Waals surface area (Å²) in [4.78, 5) is 34.2. The van der Waals surface area contributed by atoms with E-state index in [0.717, 1.165) is 36.4 Å². The molecule has 0 aliphatic rings. The Morgan fingerprint density at radius 1 is 0.929 bits per heavy atom. The fraction of sp³-hybridized carbons (Fsp3) is 0.409. The van der Waals surface area contributed by atoms with Crippen LogP contribution < -0.4 is 9.80 Å². The van der Waals surface area contributed by atoms with Crippen LogP contribution in [0, 0.1) is 0 Å². The first-order chi connectivity index (χ1) is 13.5. The first-order valence-corrected chi connectivity index (χ1v) is 9.72. The lowest BCUT2D eigenvalue weighted by Gasteiger charge is -2.26. The molecule has 0 radical (unpaired) electrons. The quantitative estimate of drug-likeness (QED) is 0.669. The Morgan fingerprint density at radius 3 is 2.04 bits per heavy atom. The van der Waals surface area contributed by atoms with E-state index in [-0.39, 0.29) is 18.4 Å². The highest BCUT2D eigenvalue weighted by Gasteiger charge is 2.18. The Balaban J connectivity index is 2.01. The van der Waals surface area contributed by atoms with Crippen molar-refractivity contribution < 1.29 is 9.59 Å². The third-order valence-electron chi connectivity index (χ3n) is 4.87. The van der Waals surface area contributed by atoms with Gasteiger partial charge in [0.15, 0.2) is 0 Å². The summed E-state index contributed by atoms with van der Waals surface area (Å²) in [5, 5.41) is 0. The van der Waals surface area contributed by atoms with E-state index in [1.165, 1.54) is 11.8 Å². The molecule has 0 saturated carbocycles. The molecule has 28 heavy (non-hydrogen) atoms. The highest BCUT2D eigenvalue weighted by molar-refractivity contribution is 5.97. The Kier molecular flexibility index (Phi) is 7.99. The molecule has 2 aromatic rings. The van der Waals surface area contributed by atoms with Gasteiger partial charge in [0, 0.05) is 57.4 Å². The second-order valence-electron chi connectivity index (χ2n) is 6.71. The summed E-state index contributed by atoms with van der Waals surface area (Å²) in [6.07, 6.45) is 4.25. The SMILES string of the molecule is CCN(CC)c1ccc(N(CC(=O)N(C)CCc2ccncc2)C(C)=O)cc1. The monoisotopic (exact) mass is 382 g/mol. The maximum absolute atomic E-state index is 12.6. The van der Waals surface area contributed by atoms with Crippen molar-refractivity contribution in [3.63, 3.8) is 0 Å². The predicted molar refractivity (Wildman–Crippen MR) is 114 cm³/mol. The molecule has 1 heterocycles. The van der Waals surface area contributed by atoms with Gasteiger partial charge in [0.1, 0.15) is 6.54 Å². The molecule has 2 rings (SSSR count). The number of aromatic nitrogens is 1. The third-order valence-corrected chi connectivity index (χ3v) is 4.87.